The summed E-state index contributed by atoms with van der Waals surface area (Å²) in [6, 6.07) is 3.44. The second kappa shape index (κ2) is 5.24. The molecule has 0 saturated carbocycles. The molecule has 0 saturated heterocycles. The fourth-order valence-electron chi connectivity index (χ4n) is 1.23. The van der Waals surface area contributed by atoms with E-state index in [1.165, 1.54) is 0 Å². The second-order valence-electron chi connectivity index (χ2n) is 3.43. The lowest BCUT2D eigenvalue weighted by atomic mass is 10.4. The van der Waals surface area contributed by atoms with Gasteiger partial charge in [-0.2, -0.15) is 10.2 Å². The van der Waals surface area contributed by atoms with Crippen LogP contribution in [0, 0.1) is 6.92 Å². The molecule has 94 valence electrons. The Hall–Kier alpha value is -1.79. The summed E-state index contributed by atoms with van der Waals surface area (Å²) in [5.41, 5.74) is 6.57. The average Bonchev–Trinajstić information content (AvgIpc) is 2.98. The van der Waals surface area contributed by atoms with E-state index in [9.17, 15) is 0 Å². The molecule has 0 bridgehead atoms. The molecule has 3 heterocycles. The summed E-state index contributed by atoms with van der Waals surface area (Å²) in [5, 5.41) is 11.0. The van der Waals surface area contributed by atoms with Crippen LogP contribution in [0.5, 0.6) is 0 Å². The molecule has 0 radical (unpaired) electrons. The van der Waals surface area contributed by atoms with Crippen molar-refractivity contribution in [1.29, 1.82) is 0 Å². The molecule has 0 aliphatic carbocycles. The number of aromatic nitrogens is 5. The van der Waals surface area contributed by atoms with Crippen molar-refractivity contribution in [3.63, 3.8) is 0 Å². The molecular weight excluding hydrogens is 275 g/mol. The van der Waals surface area contributed by atoms with Gasteiger partial charge in [0.2, 0.25) is 0 Å². The first-order chi connectivity index (χ1) is 8.59. The summed E-state index contributed by atoms with van der Waals surface area (Å²) in [6.45, 7) is 1.80. The summed E-state index contributed by atoms with van der Waals surface area (Å²) < 4.78 is 1.54. The normalized spacial score (nSPS) is 10.2. The van der Waals surface area contributed by atoms with E-state index >= 15 is 0 Å². The second-order valence-corrected chi connectivity index (χ2v) is 4.15. The number of nitrogens with zero attached hydrogens (tertiary/aromatic N) is 4. The summed E-state index contributed by atoms with van der Waals surface area (Å²) >= 11 is 11.8. The first kappa shape index (κ1) is 12.7. The molecule has 0 amide bonds. The van der Waals surface area contributed by atoms with E-state index in [-0.39, 0.29) is 0 Å². The van der Waals surface area contributed by atoms with Crippen LogP contribution in [0.1, 0.15) is 5.56 Å². The van der Waals surface area contributed by atoms with Crippen molar-refractivity contribution >= 4 is 34.7 Å². The van der Waals surface area contributed by atoms with Crippen molar-refractivity contribution in [2.75, 3.05) is 5.73 Å². The molecule has 0 aromatic carbocycles. The van der Waals surface area contributed by atoms with Crippen LogP contribution >= 0.6 is 23.2 Å². The number of hydrogen-bond donors (Lipinski definition) is 2. The van der Waals surface area contributed by atoms with Crippen molar-refractivity contribution < 1.29 is 0 Å². The van der Waals surface area contributed by atoms with Crippen molar-refractivity contribution in [2.24, 2.45) is 0 Å². The molecule has 0 aliphatic heterocycles. The number of nitrogens with two attached hydrogens (primary N) is 1. The van der Waals surface area contributed by atoms with Gasteiger partial charge < -0.3 is 5.73 Å². The van der Waals surface area contributed by atoms with Crippen LogP contribution in [-0.2, 0) is 0 Å². The molecule has 0 atom stereocenters. The van der Waals surface area contributed by atoms with Gasteiger partial charge in [0.15, 0.2) is 5.65 Å². The van der Waals surface area contributed by atoms with Gasteiger partial charge in [0.25, 0.3) is 0 Å². The first-order valence-electron chi connectivity index (χ1n) is 5.00. The predicted octanol–water partition coefficient (Wildman–Crippen LogP) is 2.34. The standard InChI is InChI=1S/C7H5Cl2N3.C3H5N3/c1-4-6(8)11-5-2-3-10-12(5)7(4)9;4-3-1-2-5-6-3/h2-3H,1H3;1-2H,(H3,4,5,6). The van der Waals surface area contributed by atoms with Crippen molar-refractivity contribution in [3.8, 4) is 0 Å². The Bertz CT molecular complexity index is 646. The highest BCUT2D eigenvalue weighted by Crippen LogP contribution is 2.22. The number of nitrogens with one attached hydrogen (secondary N) is 1. The maximum Gasteiger partial charge on any atom is 0.158 e. The van der Waals surface area contributed by atoms with Crippen LogP contribution < -0.4 is 5.73 Å². The zero-order valence-electron chi connectivity index (χ0n) is 9.43. The number of hydrogen-bond acceptors (Lipinski definition) is 4. The van der Waals surface area contributed by atoms with Crippen molar-refractivity contribution in [1.82, 2.24) is 24.8 Å². The van der Waals surface area contributed by atoms with Gasteiger partial charge >= 0.3 is 0 Å². The van der Waals surface area contributed by atoms with Gasteiger partial charge in [-0.15, -0.1) is 0 Å². The minimum atomic E-state index is 0.424. The number of fused-ring (bicyclic) bond motifs is 1. The van der Waals surface area contributed by atoms with Gasteiger partial charge in [-0.3, -0.25) is 5.10 Å². The highest BCUT2D eigenvalue weighted by Gasteiger charge is 2.07. The number of nitrogen functional groups attached to an aromatic ring is 1. The number of rotatable bonds is 0. The number of H-pyrrole nitrogens is 1. The third-order valence-corrected chi connectivity index (χ3v) is 2.97. The Morgan fingerprint density at radius 3 is 2.61 bits per heavy atom. The van der Waals surface area contributed by atoms with Crippen LogP contribution in [-0.4, -0.2) is 24.8 Å². The van der Waals surface area contributed by atoms with E-state index < -0.39 is 0 Å². The third-order valence-electron chi connectivity index (χ3n) is 2.16. The Kier molecular flexibility index (Phi) is 3.69. The minimum Gasteiger partial charge on any atom is -0.384 e. The number of anilines is 1. The van der Waals surface area contributed by atoms with E-state index in [1.807, 2.05) is 0 Å². The Balaban J connectivity index is 0.000000169. The van der Waals surface area contributed by atoms with Crippen molar-refractivity contribution in [2.45, 2.75) is 6.92 Å². The molecule has 0 spiro atoms. The zero-order chi connectivity index (χ0) is 13.1. The lowest BCUT2D eigenvalue weighted by molar-refractivity contribution is 0.929. The SMILES string of the molecule is Cc1c(Cl)nc2ccnn2c1Cl.Nc1ccn[nH]1. The largest absolute Gasteiger partial charge is 0.384 e. The molecule has 0 fully saturated rings. The van der Waals surface area contributed by atoms with Crippen LogP contribution in [0.3, 0.4) is 0 Å². The van der Waals surface area contributed by atoms with Gasteiger partial charge in [0.05, 0.1) is 12.4 Å². The molecule has 3 aromatic heterocycles. The third kappa shape index (κ3) is 2.55. The maximum atomic E-state index is 5.95. The summed E-state index contributed by atoms with van der Waals surface area (Å²) in [7, 11) is 0. The molecule has 18 heavy (non-hydrogen) atoms. The highest BCUT2D eigenvalue weighted by atomic mass is 35.5. The Labute approximate surface area is 113 Å². The van der Waals surface area contributed by atoms with Crippen LogP contribution in [0.15, 0.2) is 24.5 Å². The smallest absolute Gasteiger partial charge is 0.158 e. The lowest BCUT2D eigenvalue weighted by Gasteiger charge is -2.01. The van der Waals surface area contributed by atoms with Crippen molar-refractivity contribution in [3.05, 3.63) is 40.4 Å². The average molecular weight is 285 g/mol. The monoisotopic (exact) mass is 284 g/mol. The molecule has 0 aliphatic rings. The number of aromatic amines is 1. The number of halogens is 2. The van der Waals surface area contributed by atoms with E-state index in [0.717, 1.165) is 5.56 Å². The maximum absolute atomic E-state index is 5.95. The molecule has 3 rings (SSSR count). The lowest BCUT2D eigenvalue weighted by Crippen LogP contribution is -1.95. The fourth-order valence-corrected chi connectivity index (χ4v) is 1.67. The predicted molar refractivity (Wildman–Crippen MR) is 70.7 cm³/mol. The van der Waals surface area contributed by atoms with E-state index in [0.29, 0.717) is 21.8 Å². The Morgan fingerprint density at radius 2 is 2.06 bits per heavy atom. The molecular formula is C10H10Cl2N6. The van der Waals surface area contributed by atoms with Gasteiger partial charge in [0.1, 0.15) is 16.1 Å². The van der Waals surface area contributed by atoms with Gasteiger partial charge in [-0.05, 0) is 13.0 Å². The zero-order valence-corrected chi connectivity index (χ0v) is 10.9. The van der Waals surface area contributed by atoms with Crippen LogP contribution in [0.4, 0.5) is 5.82 Å². The van der Waals surface area contributed by atoms with E-state index in [4.69, 9.17) is 28.9 Å². The fraction of sp³-hybridized carbons (Fsp3) is 0.100. The first-order valence-corrected chi connectivity index (χ1v) is 5.75. The molecule has 0 unspecified atom stereocenters. The Morgan fingerprint density at radius 1 is 1.28 bits per heavy atom. The summed E-state index contributed by atoms with van der Waals surface area (Å²) in [5.74, 6) is 0.606. The van der Waals surface area contributed by atoms with Gasteiger partial charge in [0, 0.05) is 11.6 Å². The van der Waals surface area contributed by atoms with Gasteiger partial charge in [-0.25, -0.2) is 9.50 Å². The molecule has 6 nitrogen and oxygen atoms in total. The molecule has 3 N–H and O–H groups in total. The highest BCUT2D eigenvalue weighted by molar-refractivity contribution is 6.34. The summed E-state index contributed by atoms with van der Waals surface area (Å²) in [6.07, 6.45) is 3.24. The topological polar surface area (TPSA) is 84.9 Å². The quantitative estimate of drug-likeness (QED) is 0.621. The molecule has 3 aromatic rings. The van der Waals surface area contributed by atoms with Gasteiger partial charge in [-0.1, -0.05) is 23.2 Å². The van der Waals surface area contributed by atoms with Crippen LogP contribution in [0.25, 0.3) is 5.65 Å². The molecule has 8 heteroatoms. The van der Waals surface area contributed by atoms with E-state index in [2.05, 4.69) is 20.3 Å². The van der Waals surface area contributed by atoms with Crippen LogP contribution in [0.2, 0.25) is 10.3 Å². The van der Waals surface area contributed by atoms with E-state index in [1.54, 1.807) is 36.0 Å². The minimum absolute atomic E-state index is 0.424. The summed E-state index contributed by atoms with van der Waals surface area (Å²) in [4.78, 5) is 4.08.